The third-order valence-corrected chi connectivity index (χ3v) is 8.81. The van der Waals surface area contributed by atoms with E-state index in [9.17, 15) is 23.2 Å². The molecule has 0 spiro atoms. The van der Waals surface area contributed by atoms with Crippen LogP contribution in [0.15, 0.2) is 82.5 Å². The summed E-state index contributed by atoms with van der Waals surface area (Å²) in [5.74, 6) is 0.382. The van der Waals surface area contributed by atoms with Gasteiger partial charge in [0.15, 0.2) is 0 Å². The number of aromatic nitrogens is 2. The lowest BCUT2D eigenvalue weighted by molar-refractivity contribution is -0.133. The second-order valence-corrected chi connectivity index (χ2v) is 11.9. The van der Waals surface area contributed by atoms with E-state index in [1.54, 1.807) is 42.5 Å². The highest BCUT2D eigenvalue weighted by atomic mass is 32.2. The van der Waals surface area contributed by atoms with Crippen LogP contribution in [-0.2, 0) is 21.2 Å². The normalized spacial score (nSPS) is 15.6. The number of carbonyl (C=O) groups excluding carboxylic acids is 1. The summed E-state index contributed by atoms with van der Waals surface area (Å²) >= 11 is 0. The highest BCUT2D eigenvalue weighted by Crippen LogP contribution is 2.34. The van der Waals surface area contributed by atoms with Gasteiger partial charge in [0, 0.05) is 18.7 Å². The van der Waals surface area contributed by atoms with Gasteiger partial charge < -0.3 is 4.74 Å². The molecule has 5 rings (SSSR count). The molecule has 0 aliphatic carbocycles. The highest BCUT2D eigenvalue weighted by molar-refractivity contribution is 7.89. The van der Waals surface area contributed by atoms with E-state index in [0.29, 0.717) is 28.8 Å². The molecule has 4 aromatic rings. The number of H-pyrrole nitrogens is 1. The number of aryl methyl sites for hydroxylation is 1. The molecule has 208 valence electrons. The minimum atomic E-state index is -4.25. The van der Waals surface area contributed by atoms with Crippen molar-refractivity contribution in [3.8, 4) is 17.2 Å². The molecule has 1 atom stereocenters. The second-order valence-electron chi connectivity index (χ2n) is 10.0. The Bertz CT molecular complexity index is 1710. The number of ether oxygens (including phenoxy) is 1. The van der Waals surface area contributed by atoms with Gasteiger partial charge in [-0.15, -0.1) is 0 Å². The Labute approximate surface area is 231 Å². The number of aromatic amines is 1. The SMILES string of the molecule is Cc1cc(Oc2ccc(S(=O)(=O)N3CCc4[nH]n(-c5ccccc5)c(=O)c4C3C(=O)NO)cc2)cc(C(C)C)c1. The maximum absolute atomic E-state index is 13.8. The van der Waals surface area contributed by atoms with Crippen LogP contribution in [-0.4, -0.2) is 40.2 Å². The standard InChI is InChI=1S/C29H30N4O6S/c1-18(2)20-15-19(3)16-23(17-20)39-22-9-11-24(12-10-22)40(37,38)32-14-13-25-26(27(32)28(34)31-36)29(35)33(30-25)21-7-5-4-6-8-21/h4-12,15-18,27,30,36H,13-14H2,1-3H3,(H,31,34). The second kappa shape index (κ2) is 10.8. The van der Waals surface area contributed by atoms with Gasteiger partial charge in [-0.3, -0.25) is 19.9 Å². The molecular weight excluding hydrogens is 532 g/mol. The smallest absolute Gasteiger partial charge is 0.276 e. The average molecular weight is 563 g/mol. The van der Waals surface area contributed by atoms with Crippen molar-refractivity contribution in [2.45, 2.75) is 44.0 Å². The number of nitrogens with one attached hydrogen (secondary N) is 2. The molecule has 0 saturated carbocycles. The minimum absolute atomic E-state index is 0.0365. The number of hydrogen-bond donors (Lipinski definition) is 3. The van der Waals surface area contributed by atoms with E-state index in [4.69, 9.17) is 4.74 Å². The van der Waals surface area contributed by atoms with Crippen LogP contribution in [0, 0.1) is 6.92 Å². The lowest BCUT2D eigenvalue weighted by Gasteiger charge is -2.32. The fourth-order valence-corrected chi connectivity index (χ4v) is 6.49. The number of hydroxylamine groups is 1. The van der Waals surface area contributed by atoms with Crippen molar-refractivity contribution in [1.82, 2.24) is 19.6 Å². The van der Waals surface area contributed by atoms with Crippen LogP contribution in [0.5, 0.6) is 11.5 Å². The van der Waals surface area contributed by atoms with E-state index in [0.717, 1.165) is 15.4 Å². The first-order valence-electron chi connectivity index (χ1n) is 12.8. The average Bonchev–Trinajstić information content (AvgIpc) is 3.29. The number of amides is 1. The predicted molar refractivity (Wildman–Crippen MR) is 148 cm³/mol. The van der Waals surface area contributed by atoms with Gasteiger partial charge >= 0.3 is 0 Å². The van der Waals surface area contributed by atoms with Crippen molar-refractivity contribution in [2.24, 2.45) is 0 Å². The number of fused-ring (bicyclic) bond motifs is 1. The van der Waals surface area contributed by atoms with Gasteiger partial charge in [0.25, 0.3) is 11.5 Å². The lowest BCUT2D eigenvalue weighted by atomic mass is 10.0. The summed E-state index contributed by atoms with van der Waals surface area (Å²) < 4.78 is 35.7. The van der Waals surface area contributed by atoms with Gasteiger partial charge in [-0.25, -0.2) is 18.6 Å². The predicted octanol–water partition coefficient (Wildman–Crippen LogP) is 4.18. The minimum Gasteiger partial charge on any atom is -0.457 e. The maximum atomic E-state index is 13.8. The molecule has 10 nitrogen and oxygen atoms in total. The molecule has 40 heavy (non-hydrogen) atoms. The summed E-state index contributed by atoms with van der Waals surface area (Å²) in [4.78, 5) is 26.1. The third kappa shape index (κ3) is 5.06. The van der Waals surface area contributed by atoms with E-state index < -0.39 is 27.5 Å². The van der Waals surface area contributed by atoms with Gasteiger partial charge in [0.2, 0.25) is 10.0 Å². The third-order valence-electron chi connectivity index (χ3n) is 6.93. The van der Waals surface area contributed by atoms with Crippen LogP contribution < -0.4 is 15.8 Å². The summed E-state index contributed by atoms with van der Waals surface area (Å²) in [6.07, 6.45) is 0.172. The molecular formula is C29H30N4O6S. The Morgan fingerprint density at radius 2 is 1.75 bits per heavy atom. The topological polar surface area (TPSA) is 134 Å². The van der Waals surface area contributed by atoms with Gasteiger partial charge in [0.1, 0.15) is 17.5 Å². The first kappa shape index (κ1) is 27.4. The molecule has 1 aromatic heterocycles. The van der Waals surface area contributed by atoms with Crippen LogP contribution >= 0.6 is 0 Å². The lowest BCUT2D eigenvalue weighted by Crippen LogP contribution is -2.48. The summed E-state index contributed by atoms with van der Waals surface area (Å²) in [6, 6.07) is 19.0. The summed E-state index contributed by atoms with van der Waals surface area (Å²) in [7, 11) is -4.25. The number of sulfonamides is 1. The molecule has 3 N–H and O–H groups in total. The monoisotopic (exact) mass is 562 g/mol. The molecule has 2 heterocycles. The van der Waals surface area contributed by atoms with E-state index in [-0.39, 0.29) is 23.4 Å². The summed E-state index contributed by atoms with van der Waals surface area (Å²) in [5, 5.41) is 12.5. The maximum Gasteiger partial charge on any atom is 0.276 e. The van der Waals surface area contributed by atoms with Crippen LogP contribution in [0.25, 0.3) is 5.69 Å². The number of rotatable bonds is 7. The van der Waals surface area contributed by atoms with E-state index in [1.807, 2.05) is 19.1 Å². The molecule has 11 heteroatoms. The largest absolute Gasteiger partial charge is 0.457 e. The molecule has 1 unspecified atom stereocenters. The van der Waals surface area contributed by atoms with Crippen LogP contribution in [0.3, 0.4) is 0 Å². The molecule has 1 amide bonds. The fourth-order valence-electron chi connectivity index (χ4n) is 4.92. The van der Waals surface area contributed by atoms with Crippen molar-refractivity contribution < 1.29 is 23.2 Å². The quantitative estimate of drug-likeness (QED) is 0.229. The first-order chi connectivity index (χ1) is 19.1. The Kier molecular flexibility index (Phi) is 7.37. The summed E-state index contributed by atoms with van der Waals surface area (Å²) in [5.41, 5.74) is 4.06. The molecule has 0 saturated heterocycles. The fraction of sp³-hybridized carbons (Fsp3) is 0.241. The van der Waals surface area contributed by atoms with Crippen molar-refractivity contribution in [2.75, 3.05) is 6.54 Å². The van der Waals surface area contributed by atoms with Crippen LogP contribution in [0.1, 0.15) is 48.2 Å². The van der Waals surface area contributed by atoms with Crippen molar-refractivity contribution in [3.63, 3.8) is 0 Å². The Morgan fingerprint density at radius 1 is 1.05 bits per heavy atom. The first-order valence-corrected chi connectivity index (χ1v) is 14.3. The Morgan fingerprint density at radius 3 is 2.40 bits per heavy atom. The van der Waals surface area contributed by atoms with Gasteiger partial charge in [-0.1, -0.05) is 38.1 Å². The van der Waals surface area contributed by atoms with Gasteiger partial charge in [0.05, 0.1) is 16.1 Å². The van der Waals surface area contributed by atoms with Crippen molar-refractivity contribution in [3.05, 3.63) is 106 Å². The molecule has 1 aliphatic rings. The number of nitrogens with zero attached hydrogens (tertiary/aromatic N) is 2. The van der Waals surface area contributed by atoms with Crippen molar-refractivity contribution >= 4 is 15.9 Å². The molecule has 0 fully saturated rings. The van der Waals surface area contributed by atoms with E-state index in [1.165, 1.54) is 22.3 Å². The van der Waals surface area contributed by atoms with Crippen LogP contribution in [0.4, 0.5) is 0 Å². The highest BCUT2D eigenvalue weighted by Gasteiger charge is 2.43. The Balaban J connectivity index is 1.47. The van der Waals surface area contributed by atoms with Crippen molar-refractivity contribution in [1.29, 1.82) is 0 Å². The zero-order valence-electron chi connectivity index (χ0n) is 22.3. The number of carbonyl (C=O) groups is 1. The molecule has 0 radical (unpaired) electrons. The van der Waals surface area contributed by atoms with Crippen LogP contribution in [0.2, 0.25) is 0 Å². The Hall–Kier alpha value is -4.19. The molecule has 1 aliphatic heterocycles. The van der Waals surface area contributed by atoms with Gasteiger partial charge in [-0.2, -0.15) is 4.31 Å². The van der Waals surface area contributed by atoms with E-state index >= 15 is 0 Å². The molecule has 3 aromatic carbocycles. The van der Waals surface area contributed by atoms with E-state index in [2.05, 4.69) is 25.0 Å². The molecule has 0 bridgehead atoms. The number of para-hydroxylation sites is 1. The summed E-state index contributed by atoms with van der Waals surface area (Å²) in [6.45, 7) is 6.09. The zero-order valence-corrected chi connectivity index (χ0v) is 23.1. The number of benzene rings is 3. The zero-order chi connectivity index (χ0) is 28.6. The van der Waals surface area contributed by atoms with Gasteiger partial charge in [-0.05, 0) is 72.5 Å². The number of hydrogen-bond acceptors (Lipinski definition) is 6.